The van der Waals surface area contributed by atoms with E-state index in [4.69, 9.17) is 4.74 Å². The summed E-state index contributed by atoms with van der Waals surface area (Å²) in [5.74, 6) is -2.14. The van der Waals surface area contributed by atoms with Crippen LogP contribution in [0.1, 0.15) is 22.0 Å². The van der Waals surface area contributed by atoms with Crippen molar-refractivity contribution in [2.24, 2.45) is 0 Å². The molecule has 31 heavy (non-hydrogen) atoms. The van der Waals surface area contributed by atoms with Gasteiger partial charge in [-0.3, -0.25) is 9.59 Å². The Morgan fingerprint density at radius 3 is 2.71 bits per heavy atom. The van der Waals surface area contributed by atoms with E-state index in [0.717, 1.165) is 4.88 Å². The van der Waals surface area contributed by atoms with E-state index in [1.165, 1.54) is 41.5 Å². The number of ketones is 1. The van der Waals surface area contributed by atoms with E-state index in [1.54, 1.807) is 24.3 Å². The van der Waals surface area contributed by atoms with Gasteiger partial charge in [-0.25, -0.2) is 4.39 Å². The predicted molar refractivity (Wildman–Crippen MR) is 119 cm³/mol. The third-order valence-corrected chi connectivity index (χ3v) is 6.40. The maximum atomic E-state index is 14.9. The van der Waals surface area contributed by atoms with Crippen LogP contribution in [0.3, 0.4) is 0 Å². The molecular formula is C23H17BrFNO4S. The molecule has 0 aliphatic carbocycles. The minimum absolute atomic E-state index is 0.119. The Balaban J connectivity index is 1.92. The Bertz CT molecular complexity index is 1190. The largest absolute Gasteiger partial charge is 0.507 e. The first-order chi connectivity index (χ1) is 14.9. The first-order valence-corrected chi connectivity index (χ1v) is 11.0. The van der Waals surface area contributed by atoms with Gasteiger partial charge in [0.15, 0.2) is 0 Å². The van der Waals surface area contributed by atoms with Gasteiger partial charge in [-0.15, -0.1) is 11.3 Å². The number of carbonyl (C=O) groups is 2. The highest BCUT2D eigenvalue weighted by atomic mass is 79.9. The van der Waals surface area contributed by atoms with Crippen LogP contribution < -0.4 is 4.74 Å². The lowest BCUT2D eigenvalue weighted by atomic mass is 9.95. The summed E-state index contributed by atoms with van der Waals surface area (Å²) in [6.45, 7) is 0.119. The molecule has 1 fully saturated rings. The molecule has 1 unspecified atom stereocenters. The lowest BCUT2D eigenvalue weighted by molar-refractivity contribution is -0.140. The smallest absolute Gasteiger partial charge is 0.295 e. The molecule has 4 rings (SSSR count). The standard InChI is InChI=1S/C23H17BrFNO4S/c1-30-15-5-2-4-13(10-15)21(27)19-20(17-11-14(24)7-8-18(17)25)26(23(29)22(19)28)12-16-6-3-9-31-16/h2-11,20,27H,12H2,1H3/b21-19+. The van der Waals surface area contributed by atoms with Gasteiger partial charge in [-0.05, 0) is 41.8 Å². The molecule has 158 valence electrons. The number of rotatable bonds is 5. The van der Waals surface area contributed by atoms with Crippen molar-refractivity contribution in [2.75, 3.05) is 7.11 Å². The highest BCUT2D eigenvalue weighted by Crippen LogP contribution is 2.42. The van der Waals surface area contributed by atoms with E-state index in [2.05, 4.69) is 15.9 Å². The highest BCUT2D eigenvalue weighted by Gasteiger charge is 2.47. The fraction of sp³-hybridized carbons (Fsp3) is 0.130. The monoisotopic (exact) mass is 501 g/mol. The van der Waals surface area contributed by atoms with Crippen molar-refractivity contribution in [3.05, 3.63) is 91.8 Å². The fourth-order valence-electron chi connectivity index (χ4n) is 3.59. The molecule has 0 radical (unpaired) electrons. The summed E-state index contributed by atoms with van der Waals surface area (Å²) in [7, 11) is 1.48. The molecule has 1 saturated heterocycles. The number of carbonyl (C=O) groups excluding carboxylic acids is 2. The van der Waals surface area contributed by atoms with Crippen LogP contribution in [-0.2, 0) is 16.1 Å². The van der Waals surface area contributed by atoms with Crippen molar-refractivity contribution >= 4 is 44.7 Å². The average Bonchev–Trinajstić information content (AvgIpc) is 3.37. The number of halogens is 2. The Morgan fingerprint density at radius 1 is 1.19 bits per heavy atom. The summed E-state index contributed by atoms with van der Waals surface area (Å²) < 4.78 is 20.7. The first kappa shape index (κ1) is 21.3. The molecule has 1 aliphatic heterocycles. The Kier molecular flexibility index (Phi) is 5.93. The topological polar surface area (TPSA) is 66.8 Å². The molecule has 5 nitrogen and oxygen atoms in total. The number of thiophene rings is 1. The molecule has 1 aromatic heterocycles. The zero-order valence-electron chi connectivity index (χ0n) is 16.3. The van der Waals surface area contributed by atoms with Crippen molar-refractivity contribution in [1.29, 1.82) is 0 Å². The maximum absolute atomic E-state index is 14.9. The zero-order valence-corrected chi connectivity index (χ0v) is 18.7. The normalized spacial score (nSPS) is 17.9. The molecule has 0 spiro atoms. The number of methoxy groups -OCH3 is 1. The molecule has 1 atom stereocenters. The molecular weight excluding hydrogens is 485 g/mol. The Labute approximate surface area is 190 Å². The summed E-state index contributed by atoms with van der Waals surface area (Å²) in [4.78, 5) is 28.1. The number of hydrogen-bond acceptors (Lipinski definition) is 5. The number of Topliss-reactive ketones (excluding diaryl/α,β-unsaturated/α-hetero) is 1. The molecule has 1 N–H and O–H groups in total. The SMILES string of the molecule is COc1cccc(/C(O)=C2\C(=O)C(=O)N(Cc3cccs3)C2c2cc(Br)ccc2F)c1. The minimum Gasteiger partial charge on any atom is -0.507 e. The second-order valence-corrected chi connectivity index (χ2v) is 8.85. The summed E-state index contributed by atoms with van der Waals surface area (Å²) in [6.07, 6.45) is 0. The van der Waals surface area contributed by atoms with Crippen LogP contribution >= 0.6 is 27.3 Å². The van der Waals surface area contributed by atoms with Crippen molar-refractivity contribution in [2.45, 2.75) is 12.6 Å². The lowest BCUT2D eigenvalue weighted by Crippen LogP contribution is -2.29. The number of aliphatic hydroxyl groups excluding tert-OH is 1. The van der Waals surface area contributed by atoms with Gasteiger partial charge in [-0.1, -0.05) is 34.1 Å². The zero-order chi connectivity index (χ0) is 22.1. The second kappa shape index (κ2) is 8.64. The number of amides is 1. The molecule has 2 aromatic carbocycles. The van der Waals surface area contributed by atoms with Gasteiger partial charge < -0.3 is 14.7 Å². The summed E-state index contributed by atoms with van der Waals surface area (Å²) in [5, 5.41) is 12.9. The minimum atomic E-state index is -1.08. The molecule has 0 saturated carbocycles. The third kappa shape index (κ3) is 4.00. The maximum Gasteiger partial charge on any atom is 0.295 e. The van der Waals surface area contributed by atoms with Crippen LogP contribution in [-0.4, -0.2) is 28.8 Å². The molecule has 3 aromatic rings. The number of nitrogens with zero attached hydrogens (tertiary/aromatic N) is 1. The Morgan fingerprint density at radius 2 is 2.00 bits per heavy atom. The van der Waals surface area contributed by atoms with Gasteiger partial charge in [0.25, 0.3) is 11.7 Å². The highest BCUT2D eigenvalue weighted by molar-refractivity contribution is 9.10. The van der Waals surface area contributed by atoms with Gasteiger partial charge in [0.1, 0.15) is 17.3 Å². The summed E-state index contributed by atoms with van der Waals surface area (Å²) in [6, 6.07) is 13.4. The van der Waals surface area contributed by atoms with Crippen LogP contribution in [0.25, 0.3) is 5.76 Å². The van der Waals surface area contributed by atoms with Crippen molar-refractivity contribution in [3.8, 4) is 5.75 Å². The van der Waals surface area contributed by atoms with Gasteiger partial charge >= 0.3 is 0 Å². The van der Waals surface area contributed by atoms with Crippen LogP contribution in [0.5, 0.6) is 5.75 Å². The number of benzene rings is 2. The number of likely N-dealkylation sites (tertiary alicyclic amines) is 1. The van der Waals surface area contributed by atoms with E-state index in [0.29, 0.717) is 15.8 Å². The number of ether oxygens (including phenoxy) is 1. The first-order valence-electron chi connectivity index (χ1n) is 9.31. The lowest BCUT2D eigenvalue weighted by Gasteiger charge is -2.25. The van der Waals surface area contributed by atoms with E-state index in [9.17, 15) is 19.1 Å². The van der Waals surface area contributed by atoms with E-state index in [1.807, 2.05) is 17.5 Å². The van der Waals surface area contributed by atoms with Gasteiger partial charge in [0.2, 0.25) is 0 Å². The molecule has 1 amide bonds. The van der Waals surface area contributed by atoms with Crippen molar-refractivity contribution in [3.63, 3.8) is 0 Å². The molecule has 8 heteroatoms. The average molecular weight is 502 g/mol. The van der Waals surface area contributed by atoms with Crippen molar-refractivity contribution < 1.29 is 23.8 Å². The van der Waals surface area contributed by atoms with Crippen LogP contribution in [0, 0.1) is 5.82 Å². The van der Waals surface area contributed by atoms with Gasteiger partial charge in [0.05, 0.1) is 25.3 Å². The number of aliphatic hydroxyl groups is 1. The van der Waals surface area contributed by atoms with E-state index >= 15 is 0 Å². The van der Waals surface area contributed by atoms with E-state index < -0.39 is 23.5 Å². The molecule has 0 bridgehead atoms. The molecule has 2 heterocycles. The van der Waals surface area contributed by atoms with Crippen molar-refractivity contribution in [1.82, 2.24) is 4.90 Å². The summed E-state index contributed by atoms with van der Waals surface area (Å²) >= 11 is 4.75. The quantitative estimate of drug-likeness (QED) is 0.293. The van der Waals surface area contributed by atoms with Gasteiger partial charge in [-0.2, -0.15) is 0 Å². The number of hydrogen-bond donors (Lipinski definition) is 1. The summed E-state index contributed by atoms with van der Waals surface area (Å²) in [5.41, 5.74) is 0.260. The fourth-order valence-corrected chi connectivity index (χ4v) is 4.67. The third-order valence-electron chi connectivity index (χ3n) is 5.04. The predicted octanol–water partition coefficient (Wildman–Crippen LogP) is 5.28. The van der Waals surface area contributed by atoms with E-state index in [-0.39, 0.29) is 23.4 Å². The van der Waals surface area contributed by atoms with Crippen LogP contribution in [0.15, 0.2) is 70.0 Å². The van der Waals surface area contributed by atoms with Crippen LogP contribution in [0.4, 0.5) is 4.39 Å². The van der Waals surface area contributed by atoms with Crippen LogP contribution in [0.2, 0.25) is 0 Å². The van der Waals surface area contributed by atoms with Gasteiger partial charge in [0, 0.05) is 20.5 Å². The molecule has 1 aliphatic rings. The Hall–Kier alpha value is -2.97. The second-order valence-electron chi connectivity index (χ2n) is 6.90.